The lowest BCUT2D eigenvalue weighted by Gasteiger charge is -2.34. The molecule has 1 aliphatic rings. The van der Waals surface area contributed by atoms with Crippen LogP contribution in [0.5, 0.6) is 0 Å². The number of nitrogens with one attached hydrogen (secondary N) is 1. The molecule has 164 valence electrons. The van der Waals surface area contributed by atoms with Crippen molar-refractivity contribution in [1.82, 2.24) is 20.0 Å². The quantitative estimate of drug-likeness (QED) is 0.569. The van der Waals surface area contributed by atoms with Gasteiger partial charge in [-0.25, -0.2) is 4.98 Å². The molecule has 2 unspecified atom stereocenters. The fourth-order valence-corrected chi connectivity index (χ4v) is 4.44. The normalized spacial score (nSPS) is 19.4. The molecule has 1 fully saturated rings. The number of rotatable bonds is 8. The molecular formula is C22H27N5O3S. The molecule has 0 spiro atoms. The van der Waals surface area contributed by atoms with Gasteiger partial charge in [0.05, 0.1) is 17.9 Å². The summed E-state index contributed by atoms with van der Waals surface area (Å²) < 4.78 is 11.1. The molecule has 0 radical (unpaired) electrons. The Balaban J connectivity index is 1.20. The van der Waals surface area contributed by atoms with E-state index in [-0.39, 0.29) is 18.1 Å². The van der Waals surface area contributed by atoms with Crippen molar-refractivity contribution in [1.29, 1.82) is 0 Å². The van der Waals surface area contributed by atoms with Crippen LogP contribution in [0.2, 0.25) is 0 Å². The summed E-state index contributed by atoms with van der Waals surface area (Å²) in [5, 5.41) is 9.54. The van der Waals surface area contributed by atoms with Gasteiger partial charge < -0.3 is 14.6 Å². The number of aromatic nitrogens is 3. The van der Waals surface area contributed by atoms with Gasteiger partial charge in [0.2, 0.25) is 17.6 Å². The lowest BCUT2D eigenvalue weighted by atomic mass is 10.2. The fourth-order valence-electron chi connectivity index (χ4n) is 3.72. The van der Waals surface area contributed by atoms with Crippen molar-refractivity contribution >= 4 is 22.4 Å². The second kappa shape index (κ2) is 10.1. The topological polar surface area (TPSA) is 93.4 Å². The molecule has 3 heterocycles. The molecule has 2 atom stereocenters. The van der Waals surface area contributed by atoms with Gasteiger partial charge in [0.1, 0.15) is 0 Å². The maximum atomic E-state index is 12.3. The zero-order valence-electron chi connectivity index (χ0n) is 17.8. The van der Waals surface area contributed by atoms with E-state index in [2.05, 4.69) is 39.2 Å². The number of morpholine rings is 1. The van der Waals surface area contributed by atoms with Gasteiger partial charge in [0, 0.05) is 43.4 Å². The number of aryl methyl sites for hydroxylation is 1. The molecule has 0 bridgehead atoms. The van der Waals surface area contributed by atoms with Crippen molar-refractivity contribution in [2.24, 2.45) is 0 Å². The Kier molecular flexibility index (Phi) is 7.06. The monoisotopic (exact) mass is 441 g/mol. The van der Waals surface area contributed by atoms with E-state index in [1.54, 1.807) is 0 Å². The molecule has 0 aliphatic carbocycles. The molecule has 1 saturated heterocycles. The van der Waals surface area contributed by atoms with E-state index < -0.39 is 0 Å². The van der Waals surface area contributed by atoms with E-state index in [1.165, 1.54) is 11.3 Å². The third-order valence-corrected chi connectivity index (χ3v) is 5.78. The molecule has 1 amide bonds. The predicted octanol–water partition coefficient (Wildman–Crippen LogP) is 3.76. The van der Waals surface area contributed by atoms with E-state index in [0.29, 0.717) is 36.1 Å². The number of nitrogens with zero attached hydrogens (tertiary/aromatic N) is 4. The van der Waals surface area contributed by atoms with Gasteiger partial charge in [-0.3, -0.25) is 9.69 Å². The fraction of sp³-hybridized carbons (Fsp3) is 0.455. The number of ether oxygens (including phenoxy) is 1. The molecule has 1 aromatic carbocycles. The summed E-state index contributed by atoms with van der Waals surface area (Å²) in [6.45, 7) is 6.74. The van der Waals surface area contributed by atoms with Crippen molar-refractivity contribution in [3.8, 4) is 11.4 Å². The van der Waals surface area contributed by atoms with Gasteiger partial charge in [0.25, 0.3) is 0 Å². The van der Waals surface area contributed by atoms with Gasteiger partial charge in [-0.2, -0.15) is 4.98 Å². The molecule has 8 nitrogen and oxygen atoms in total. The van der Waals surface area contributed by atoms with Crippen molar-refractivity contribution in [3.63, 3.8) is 0 Å². The van der Waals surface area contributed by atoms with Crippen LogP contribution in [0.3, 0.4) is 0 Å². The van der Waals surface area contributed by atoms with Crippen LogP contribution in [-0.2, 0) is 22.5 Å². The highest BCUT2D eigenvalue weighted by Crippen LogP contribution is 2.20. The van der Waals surface area contributed by atoms with Crippen LogP contribution in [0.1, 0.15) is 38.3 Å². The molecule has 9 heteroatoms. The number of amides is 1. The van der Waals surface area contributed by atoms with Crippen molar-refractivity contribution in [2.75, 3.05) is 18.4 Å². The van der Waals surface area contributed by atoms with E-state index in [4.69, 9.17) is 9.26 Å². The zero-order chi connectivity index (χ0) is 21.6. The van der Waals surface area contributed by atoms with Crippen LogP contribution in [0.25, 0.3) is 11.4 Å². The summed E-state index contributed by atoms with van der Waals surface area (Å²) in [6.07, 6.45) is 2.01. The van der Waals surface area contributed by atoms with E-state index >= 15 is 0 Å². The van der Waals surface area contributed by atoms with E-state index in [1.807, 2.05) is 35.7 Å². The minimum atomic E-state index is -0.0580. The Labute approximate surface area is 185 Å². The smallest absolute Gasteiger partial charge is 0.226 e. The summed E-state index contributed by atoms with van der Waals surface area (Å²) in [4.78, 5) is 23.6. The van der Waals surface area contributed by atoms with Gasteiger partial charge in [-0.15, -0.1) is 11.3 Å². The molecule has 0 saturated carbocycles. The molecule has 2 aromatic heterocycles. The van der Waals surface area contributed by atoms with Crippen LogP contribution in [-0.4, -0.2) is 51.2 Å². The first kappa shape index (κ1) is 21.6. The number of anilines is 1. The van der Waals surface area contributed by atoms with Crippen molar-refractivity contribution in [3.05, 3.63) is 47.3 Å². The van der Waals surface area contributed by atoms with Crippen LogP contribution < -0.4 is 5.32 Å². The largest absolute Gasteiger partial charge is 0.373 e. The van der Waals surface area contributed by atoms with Gasteiger partial charge in [-0.05, 0) is 20.3 Å². The first-order valence-electron chi connectivity index (χ1n) is 10.5. The Morgan fingerprint density at radius 3 is 2.74 bits per heavy atom. The van der Waals surface area contributed by atoms with E-state index in [0.717, 1.165) is 30.9 Å². The first-order valence-corrected chi connectivity index (χ1v) is 11.4. The standard InChI is InChI=1S/C22H27N5O3S/c1-15-11-27(12-16(2)29-15)13-18-14-31-22(23-18)24-19(28)9-6-10-20-25-21(26-30-20)17-7-4-3-5-8-17/h3-5,7-8,14-16H,6,9-13H2,1-2H3,(H,23,24,28). The minimum absolute atomic E-state index is 0.0580. The second-order valence-electron chi connectivity index (χ2n) is 7.87. The predicted molar refractivity (Wildman–Crippen MR) is 119 cm³/mol. The third kappa shape index (κ3) is 6.19. The number of hydrogen-bond acceptors (Lipinski definition) is 8. The van der Waals surface area contributed by atoms with Crippen LogP contribution >= 0.6 is 11.3 Å². The summed E-state index contributed by atoms with van der Waals surface area (Å²) in [5.41, 5.74) is 1.89. The highest BCUT2D eigenvalue weighted by Gasteiger charge is 2.22. The molecule has 4 rings (SSSR count). The summed E-state index contributed by atoms with van der Waals surface area (Å²) >= 11 is 1.46. The zero-order valence-corrected chi connectivity index (χ0v) is 18.6. The van der Waals surface area contributed by atoms with Gasteiger partial charge >= 0.3 is 0 Å². The molecule has 31 heavy (non-hydrogen) atoms. The van der Waals surface area contributed by atoms with Crippen molar-refractivity contribution < 1.29 is 14.1 Å². The Morgan fingerprint density at radius 1 is 1.19 bits per heavy atom. The average Bonchev–Trinajstić information content (AvgIpc) is 3.37. The number of carbonyl (C=O) groups is 1. The molecule has 1 N–H and O–H groups in total. The summed E-state index contributed by atoms with van der Waals surface area (Å²) in [6, 6.07) is 9.68. The van der Waals surface area contributed by atoms with Crippen LogP contribution in [0, 0.1) is 0 Å². The molecule has 3 aromatic rings. The number of carbonyl (C=O) groups excluding carboxylic acids is 1. The highest BCUT2D eigenvalue weighted by atomic mass is 32.1. The summed E-state index contributed by atoms with van der Waals surface area (Å²) in [5.74, 6) is 1.05. The minimum Gasteiger partial charge on any atom is -0.373 e. The Morgan fingerprint density at radius 2 is 1.97 bits per heavy atom. The van der Waals surface area contributed by atoms with Gasteiger partial charge in [-0.1, -0.05) is 35.5 Å². The Bertz CT molecular complexity index is 980. The van der Waals surface area contributed by atoms with E-state index in [9.17, 15) is 4.79 Å². The molecule has 1 aliphatic heterocycles. The van der Waals surface area contributed by atoms with Gasteiger partial charge in [0.15, 0.2) is 5.13 Å². The lowest BCUT2D eigenvalue weighted by Crippen LogP contribution is -2.44. The van der Waals surface area contributed by atoms with Crippen LogP contribution in [0.15, 0.2) is 40.2 Å². The SMILES string of the molecule is CC1CN(Cc2csc(NC(=O)CCCc3nc(-c4ccccc4)no3)n2)CC(C)O1. The maximum absolute atomic E-state index is 12.3. The Hall–Kier alpha value is -2.62. The highest BCUT2D eigenvalue weighted by molar-refractivity contribution is 7.13. The second-order valence-corrected chi connectivity index (χ2v) is 8.73. The summed E-state index contributed by atoms with van der Waals surface area (Å²) in [7, 11) is 0. The number of thiazole rings is 1. The maximum Gasteiger partial charge on any atom is 0.226 e. The average molecular weight is 442 g/mol. The first-order chi connectivity index (χ1) is 15.0. The number of benzene rings is 1. The lowest BCUT2D eigenvalue weighted by molar-refractivity contribution is -0.116. The third-order valence-electron chi connectivity index (χ3n) is 4.97. The number of hydrogen-bond donors (Lipinski definition) is 1. The molecular weight excluding hydrogens is 414 g/mol. The van der Waals surface area contributed by atoms with Crippen LogP contribution in [0.4, 0.5) is 5.13 Å². The van der Waals surface area contributed by atoms with Crippen molar-refractivity contribution in [2.45, 2.75) is 51.9 Å².